The number of nitriles is 1. The summed E-state index contributed by atoms with van der Waals surface area (Å²) < 4.78 is 0. The summed E-state index contributed by atoms with van der Waals surface area (Å²) in [4.78, 5) is 19.4. The Morgan fingerprint density at radius 1 is 1.21 bits per heavy atom. The van der Waals surface area contributed by atoms with Gasteiger partial charge in [-0.15, -0.1) is 0 Å². The Balaban J connectivity index is 1.47. The number of amides is 1. The molecule has 1 N–H and O–H groups in total. The van der Waals surface area contributed by atoms with E-state index in [2.05, 4.69) is 45.5 Å². The maximum absolute atomic E-state index is 12.4. The lowest BCUT2D eigenvalue weighted by Crippen LogP contribution is -2.44. The number of nitrogens with one attached hydrogen (secondary N) is 1. The summed E-state index contributed by atoms with van der Waals surface area (Å²) in [5.41, 5.74) is 4.82. The number of carbonyl (C=O) groups is 1. The van der Waals surface area contributed by atoms with Crippen LogP contribution in [0.2, 0.25) is 0 Å². The van der Waals surface area contributed by atoms with Gasteiger partial charge in [-0.05, 0) is 50.3 Å². The van der Waals surface area contributed by atoms with Crippen LogP contribution in [-0.2, 0) is 11.3 Å². The van der Waals surface area contributed by atoms with Gasteiger partial charge >= 0.3 is 0 Å². The van der Waals surface area contributed by atoms with Crippen molar-refractivity contribution in [2.75, 3.05) is 18.8 Å². The van der Waals surface area contributed by atoms with Crippen LogP contribution in [0.1, 0.15) is 40.8 Å². The highest BCUT2D eigenvalue weighted by atomic mass is 32.2. The highest BCUT2D eigenvalue weighted by Crippen LogP contribution is 2.26. The van der Waals surface area contributed by atoms with Crippen LogP contribution >= 0.6 is 11.8 Å². The molecule has 1 aliphatic heterocycles. The molecule has 3 rings (SSSR count). The van der Waals surface area contributed by atoms with Gasteiger partial charge in [0.1, 0.15) is 11.1 Å². The third kappa shape index (κ3) is 5.59. The van der Waals surface area contributed by atoms with Gasteiger partial charge < -0.3 is 5.32 Å². The van der Waals surface area contributed by atoms with Gasteiger partial charge in [0.15, 0.2) is 0 Å². The predicted octanol–water partition coefficient (Wildman–Crippen LogP) is 3.75. The molecule has 0 bridgehead atoms. The number of benzene rings is 1. The minimum Gasteiger partial charge on any atom is -0.353 e. The van der Waals surface area contributed by atoms with Crippen molar-refractivity contribution < 1.29 is 4.79 Å². The maximum Gasteiger partial charge on any atom is 0.230 e. The first-order chi connectivity index (χ1) is 14.0. The molecule has 29 heavy (non-hydrogen) atoms. The van der Waals surface area contributed by atoms with E-state index < -0.39 is 0 Å². The summed E-state index contributed by atoms with van der Waals surface area (Å²) in [5, 5.41) is 13.3. The summed E-state index contributed by atoms with van der Waals surface area (Å²) in [7, 11) is 0. The molecule has 6 heteroatoms. The highest BCUT2D eigenvalue weighted by molar-refractivity contribution is 8.00. The van der Waals surface area contributed by atoms with Crippen LogP contribution in [0, 0.1) is 32.1 Å². The number of pyridine rings is 1. The maximum atomic E-state index is 12.4. The van der Waals surface area contributed by atoms with E-state index in [4.69, 9.17) is 0 Å². The smallest absolute Gasteiger partial charge is 0.230 e. The van der Waals surface area contributed by atoms with Crippen molar-refractivity contribution in [2.45, 2.75) is 51.2 Å². The molecule has 0 spiro atoms. The normalized spacial score (nSPS) is 15.1. The predicted molar refractivity (Wildman–Crippen MR) is 117 cm³/mol. The van der Waals surface area contributed by atoms with Gasteiger partial charge in [-0.3, -0.25) is 9.69 Å². The minimum atomic E-state index is 0.0121. The lowest BCUT2D eigenvalue weighted by Gasteiger charge is -2.32. The first kappa shape index (κ1) is 21.4. The first-order valence-electron chi connectivity index (χ1n) is 10.0. The van der Waals surface area contributed by atoms with Crippen molar-refractivity contribution in [2.24, 2.45) is 0 Å². The van der Waals surface area contributed by atoms with Gasteiger partial charge in [-0.25, -0.2) is 4.98 Å². The number of aromatic nitrogens is 1. The van der Waals surface area contributed by atoms with Crippen LogP contribution in [0.3, 0.4) is 0 Å². The molecular weight excluding hydrogens is 380 g/mol. The largest absolute Gasteiger partial charge is 0.353 e. The Hall–Kier alpha value is -2.36. The topological polar surface area (TPSA) is 69.0 Å². The first-order valence-corrected chi connectivity index (χ1v) is 11.0. The van der Waals surface area contributed by atoms with Crippen LogP contribution in [0.4, 0.5) is 0 Å². The lowest BCUT2D eigenvalue weighted by atomic mass is 10.0. The number of rotatable bonds is 6. The summed E-state index contributed by atoms with van der Waals surface area (Å²) in [6.45, 7) is 8.80. The fourth-order valence-corrected chi connectivity index (χ4v) is 4.52. The zero-order chi connectivity index (χ0) is 20.8. The van der Waals surface area contributed by atoms with Crippen molar-refractivity contribution in [3.63, 3.8) is 0 Å². The third-order valence-electron chi connectivity index (χ3n) is 5.62. The molecule has 1 amide bonds. The second-order valence-electron chi connectivity index (χ2n) is 7.63. The van der Waals surface area contributed by atoms with Gasteiger partial charge in [0, 0.05) is 31.4 Å². The highest BCUT2D eigenvalue weighted by Gasteiger charge is 2.21. The van der Waals surface area contributed by atoms with E-state index in [-0.39, 0.29) is 17.7 Å². The lowest BCUT2D eigenvalue weighted by molar-refractivity contribution is -0.119. The second kappa shape index (κ2) is 9.91. The fourth-order valence-electron chi connectivity index (χ4n) is 3.63. The van der Waals surface area contributed by atoms with Gasteiger partial charge in [0.25, 0.3) is 0 Å². The molecule has 2 heterocycles. The van der Waals surface area contributed by atoms with Crippen molar-refractivity contribution in [3.05, 3.63) is 58.3 Å². The number of carbonyl (C=O) groups excluding carboxylic acids is 1. The van der Waals surface area contributed by atoms with Crippen molar-refractivity contribution in [1.29, 1.82) is 5.26 Å². The molecule has 5 nitrogen and oxygen atoms in total. The van der Waals surface area contributed by atoms with E-state index in [1.807, 2.05) is 26.8 Å². The molecule has 1 saturated heterocycles. The van der Waals surface area contributed by atoms with E-state index >= 15 is 0 Å². The second-order valence-corrected chi connectivity index (χ2v) is 8.60. The van der Waals surface area contributed by atoms with Crippen LogP contribution in [0.5, 0.6) is 0 Å². The zero-order valence-electron chi connectivity index (χ0n) is 17.4. The summed E-state index contributed by atoms with van der Waals surface area (Å²) >= 11 is 1.35. The molecule has 1 aromatic carbocycles. The van der Waals surface area contributed by atoms with Crippen LogP contribution in [0.15, 0.2) is 35.4 Å². The molecule has 2 aromatic rings. The number of hydrogen-bond donors (Lipinski definition) is 1. The van der Waals surface area contributed by atoms with E-state index in [1.54, 1.807) is 0 Å². The molecule has 0 saturated carbocycles. The van der Waals surface area contributed by atoms with Crippen LogP contribution < -0.4 is 5.32 Å². The number of thioether (sulfide) groups is 1. The van der Waals surface area contributed by atoms with Crippen molar-refractivity contribution in [1.82, 2.24) is 15.2 Å². The fraction of sp³-hybridized carbons (Fsp3) is 0.435. The van der Waals surface area contributed by atoms with E-state index in [9.17, 15) is 10.1 Å². The summed E-state index contributed by atoms with van der Waals surface area (Å²) in [5.74, 6) is 0.298. The van der Waals surface area contributed by atoms with E-state index in [0.717, 1.165) is 49.3 Å². The Bertz CT molecular complexity index is 899. The van der Waals surface area contributed by atoms with Gasteiger partial charge in [0.05, 0.1) is 11.3 Å². The van der Waals surface area contributed by atoms with Crippen molar-refractivity contribution in [3.8, 4) is 6.07 Å². The zero-order valence-corrected chi connectivity index (χ0v) is 18.2. The monoisotopic (exact) mass is 408 g/mol. The third-order valence-corrected chi connectivity index (χ3v) is 6.59. The molecule has 1 aromatic heterocycles. The van der Waals surface area contributed by atoms with Crippen LogP contribution in [-0.4, -0.2) is 40.7 Å². The molecule has 152 valence electrons. The van der Waals surface area contributed by atoms with Gasteiger partial charge in [-0.1, -0.05) is 42.1 Å². The van der Waals surface area contributed by atoms with Crippen LogP contribution in [0.25, 0.3) is 0 Å². The number of nitrogens with zero attached hydrogens (tertiary/aromatic N) is 3. The van der Waals surface area contributed by atoms with Gasteiger partial charge in [-0.2, -0.15) is 5.26 Å². The molecule has 0 aliphatic carbocycles. The Labute approximate surface area is 177 Å². The molecule has 0 radical (unpaired) electrons. The molecule has 0 unspecified atom stereocenters. The summed E-state index contributed by atoms with van der Waals surface area (Å²) in [6.07, 6.45) is 1.93. The molecule has 0 atom stereocenters. The average Bonchev–Trinajstić information content (AvgIpc) is 2.73. The standard InChI is InChI=1S/C23H28N4OS/c1-16-17(2)21(13-24)23(25-18(16)3)29-15-22(28)26-20-9-11-27(12-10-20)14-19-7-5-4-6-8-19/h4-8,20H,9-12,14-15H2,1-3H3,(H,26,28). The minimum absolute atomic E-state index is 0.0121. The number of hydrogen-bond acceptors (Lipinski definition) is 5. The Kier molecular flexibility index (Phi) is 7.29. The van der Waals surface area contributed by atoms with Gasteiger partial charge in [0.2, 0.25) is 5.91 Å². The molecular formula is C23H28N4OS. The average molecular weight is 409 g/mol. The summed E-state index contributed by atoms with van der Waals surface area (Å²) in [6, 6.07) is 13.0. The van der Waals surface area contributed by atoms with E-state index in [1.165, 1.54) is 17.3 Å². The van der Waals surface area contributed by atoms with E-state index in [0.29, 0.717) is 10.6 Å². The SMILES string of the molecule is Cc1nc(SCC(=O)NC2CCN(Cc3ccccc3)CC2)c(C#N)c(C)c1C. The number of piperidine rings is 1. The Morgan fingerprint density at radius 2 is 1.90 bits per heavy atom. The van der Waals surface area contributed by atoms with Crippen molar-refractivity contribution >= 4 is 17.7 Å². The quantitative estimate of drug-likeness (QED) is 0.737. The Morgan fingerprint density at radius 3 is 2.55 bits per heavy atom. The molecule has 1 aliphatic rings. The molecule has 1 fully saturated rings. The number of aryl methyl sites for hydroxylation is 1. The number of likely N-dealkylation sites (tertiary alicyclic amines) is 1.